The van der Waals surface area contributed by atoms with Crippen molar-refractivity contribution in [2.75, 3.05) is 33.7 Å². The van der Waals surface area contributed by atoms with Gasteiger partial charge < -0.3 is 19.6 Å². The number of benzene rings is 7. The van der Waals surface area contributed by atoms with Gasteiger partial charge in [0.15, 0.2) is 0 Å². The van der Waals surface area contributed by atoms with Crippen LogP contribution < -0.4 is 45.8 Å². The van der Waals surface area contributed by atoms with Gasteiger partial charge in [0.1, 0.15) is 18.5 Å². The van der Waals surface area contributed by atoms with Crippen molar-refractivity contribution in [3.63, 3.8) is 0 Å². The van der Waals surface area contributed by atoms with E-state index in [9.17, 15) is 0 Å². The molecule has 360 valence electrons. The van der Waals surface area contributed by atoms with Crippen LogP contribution in [0.2, 0.25) is 0 Å². The number of fused-ring (bicyclic) bond motifs is 4. The van der Waals surface area contributed by atoms with Crippen LogP contribution in [0.4, 0.5) is 22.7 Å². The summed E-state index contributed by atoms with van der Waals surface area (Å²) in [5, 5.41) is 2.56. The first-order chi connectivity index (χ1) is 35.6. The summed E-state index contributed by atoms with van der Waals surface area (Å²) in [5.41, 5.74) is 12.3. The van der Waals surface area contributed by atoms with Gasteiger partial charge in [-0.1, -0.05) is 184 Å². The van der Waals surface area contributed by atoms with Gasteiger partial charge in [-0.15, -0.1) is 0 Å². The largest absolute Gasteiger partial charge is 0.195 e. The molecular formula is C65H69B2N5. The number of aromatic nitrogens is 1. The predicted molar refractivity (Wildman–Crippen MR) is 309 cm³/mol. The monoisotopic (exact) mass is 942 g/mol. The minimum absolute atomic E-state index is 0.415. The average molecular weight is 942 g/mol. The Morgan fingerprint density at radius 2 is 0.792 bits per heavy atom. The van der Waals surface area contributed by atoms with E-state index in [1.807, 2.05) is 6.07 Å². The van der Waals surface area contributed by atoms with Crippen molar-refractivity contribution in [2.24, 2.45) is 0 Å². The van der Waals surface area contributed by atoms with Crippen LogP contribution in [0.3, 0.4) is 0 Å². The summed E-state index contributed by atoms with van der Waals surface area (Å²) in [5.74, 6) is 0. The molecule has 7 heteroatoms. The smallest absolute Gasteiger partial charge is 0.108 e. The Bertz CT molecular complexity index is 2810. The second-order valence-corrected chi connectivity index (χ2v) is 20.7. The Morgan fingerprint density at radius 3 is 1.24 bits per heavy atom. The number of hydrogen-bond acceptors (Lipinski definition) is 4. The Kier molecular flexibility index (Phi) is 14.2. The molecule has 2 unspecified atom stereocenters. The van der Waals surface area contributed by atoms with Crippen LogP contribution in [-0.2, 0) is 0 Å². The summed E-state index contributed by atoms with van der Waals surface area (Å²) in [7, 11) is 6.82. The van der Waals surface area contributed by atoms with Crippen LogP contribution in [0.25, 0.3) is 16.2 Å². The van der Waals surface area contributed by atoms with Crippen molar-refractivity contribution in [3.05, 3.63) is 225 Å². The van der Waals surface area contributed by atoms with E-state index in [0.29, 0.717) is 24.4 Å². The third-order valence-corrected chi connectivity index (χ3v) is 16.7. The first kappa shape index (κ1) is 47.2. The summed E-state index contributed by atoms with van der Waals surface area (Å²) in [6, 6.07) is 80.0. The van der Waals surface area contributed by atoms with Crippen LogP contribution in [0, 0.1) is 0 Å². The summed E-state index contributed by atoms with van der Waals surface area (Å²) < 4.78 is 2.14. The van der Waals surface area contributed by atoms with E-state index >= 15 is 0 Å². The van der Waals surface area contributed by atoms with Gasteiger partial charge in [-0.2, -0.15) is 21.9 Å². The van der Waals surface area contributed by atoms with Crippen molar-refractivity contribution in [3.8, 4) is 0 Å². The van der Waals surface area contributed by atoms with E-state index in [2.05, 4.69) is 264 Å². The van der Waals surface area contributed by atoms with Crippen LogP contribution in [0.5, 0.6) is 0 Å². The Labute approximate surface area is 429 Å². The summed E-state index contributed by atoms with van der Waals surface area (Å²) >= 11 is 0. The molecule has 0 N–H and O–H groups in total. The molecule has 0 saturated heterocycles. The summed E-state index contributed by atoms with van der Waals surface area (Å²) in [6.07, 6.45) is 16.5. The van der Waals surface area contributed by atoms with Gasteiger partial charge in [-0.3, -0.25) is 0 Å². The second-order valence-electron chi connectivity index (χ2n) is 20.7. The zero-order chi connectivity index (χ0) is 48.7. The first-order valence-electron chi connectivity index (χ1n) is 27.0. The minimum atomic E-state index is -1.22. The molecule has 9 aromatic rings. The van der Waals surface area contributed by atoms with E-state index in [1.165, 1.54) is 125 Å². The van der Waals surface area contributed by atoms with E-state index in [1.54, 1.807) is 0 Å². The molecule has 0 radical (unpaired) electrons. The van der Waals surface area contributed by atoms with Crippen LogP contribution in [0.1, 0.15) is 70.6 Å². The number of hydrogen-bond donors (Lipinski definition) is 0. The normalized spacial score (nSPS) is 17.9. The average Bonchev–Trinajstić information content (AvgIpc) is 3.90. The first-order valence-corrected chi connectivity index (χ1v) is 27.0. The molecule has 2 aliphatic carbocycles. The fourth-order valence-electron chi connectivity index (χ4n) is 13.2. The summed E-state index contributed by atoms with van der Waals surface area (Å²) in [6.45, 7) is 0. The molecule has 2 saturated carbocycles. The van der Waals surface area contributed by atoms with E-state index < -0.39 is 6.15 Å². The topological polar surface area (TPSA) is 17.1 Å². The molecule has 4 heterocycles. The maximum Gasteiger partial charge on any atom is 0.108 e. The van der Waals surface area contributed by atoms with E-state index in [-0.39, 0.29) is 0 Å². The molecule has 7 aromatic carbocycles. The van der Waals surface area contributed by atoms with Crippen LogP contribution >= 0.6 is 0 Å². The summed E-state index contributed by atoms with van der Waals surface area (Å²) in [4.78, 5) is 10.8. The van der Waals surface area contributed by atoms with E-state index in [4.69, 9.17) is 0 Å². The SMILES string of the molecule is CN1c2ccccc2N(C2CCCCC2)C1CC1N(C)c2ccccc2N1C1CCCCC1.b1c2ccccc2cc2cccc[n+]12.c1ccc([B-](c2ccccc2)(c2ccccc2)c2ccccc2)cc1. The molecule has 0 amide bonds. The van der Waals surface area contributed by atoms with Crippen LogP contribution in [-0.4, -0.2) is 51.7 Å². The zero-order valence-electron chi connectivity index (χ0n) is 42.3. The molecule has 5 nitrogen and oxygen atoms in total. The van der Waals surface area contributed by atoms with Gasteiger partial charge in [-0.05, 0) is 49.9 Å². The third-order valence-electron chi connectivity index (χ3n) is 16.7. The number of nitrogens with zero attached hydrogens (tertiary/aromatic N) is 5. The van der Waals surface area contributed by atoms with E-state index in [0.717, 1.165) is 6.42 Å². The van der Waals surface area contributed by atoms with Gasteiger partial charge >= 0.3 is 82.3 Å². The van der Waals surface area contributed by atoms with Gasteiger partial charge in [0.25, 0.3) is 0 Å². The fourth-order valence-corrected chi connectivity index (χ4v) is 13.2. The maximum absolute atomic E-state index is 2.82. The van der Waals surface area contributed by atoms with Gasteiger partial charge in [-0.25, -0.2) is 0 Å². The molecule has 2 atom stereocenters. The molecule has 72 heavy (non-hydrogen) atoms. The Morgan fingerprint density at radius 1 is 0.417 bits per heavy atom. The standard InChI is InChI=1S/C29H40N4.C24H20B.C12H9BN/c1-30-24-17-9-11-19-26(24)32(22-13-5-3-6-14-22)28(30)21-29-31(2)25-18-10-12-20-27(25)33(29)23-15-7-4-8-16-23;1-5-13-21(14-6-1)25(22-15-7-2-8-16-22,23-17-9-3-10-18-23)24-19-11-4-12-20-24;1-2-7-12-10(5-1)9-11-6-3-4-8-14(11)13-12/h9-12,17-20,22-23,28-29H,3-8,13-16,21H2,1-2H3;1-20H;1-9H/q;-1;+1. The Hall–Kier alpha value is -7.11. The maximum atomic E-state index is 2.82. The molecule has 13 rings (SSSR count). The molecule has 2 fully saturated rings. The van der Waals surface area contributed by atoms with Gasteiger partial charge in [0, 0.05) is 32.6 Å². The van der Waals surface area contributed by atoms with Crippen molar-refractivity contribution >= 4 is 74.0 Å². The fraction of sp³-hybridized carbons (Fsp3) is 0.262. The van der Waals surface area contributed by atoms with Gasteiger partial charge in [0.05, 0.1) is 22.7 Å². The molecule has 4 aliphatic rings. The zero-order valence-corrected chi connectivity index (χ0v) is 42.3. The molecule has 0 spiro atoms. The number of para-hydroxylation sites is 4. The van der Waals surface area contributed by atoms with Crippen molar-refractivity contribution < 1.29 is 4.31 Å². The number of pyridine rings is 1. The molecule has 2 aromatic heterocycles. The quantitative estimate of drug-likeness (QED) is 0.111. The second kappa shape index (κ2) is 21.7. The molecule has 0 bridgehead atoms. The number of rotatable bonds is 8. The minimum Gasteiger partial charge on any atom is -0.195 e. The molecule has 2 aliphatic heterocycles. The molecular weight excluding hydrogens is 872 g/mol. The van der Waals surface area contributed by atoms with Crippen LogP contribution in [0.15, 0.2) is 225 Å². The van der Waals surface area contributed by atoms with Crippen molar-refractivity contribution in [2.45, 2.75) is 95.0 Å². The van der Waals surface area contributed by atoms with Gasteiger partial charge in [0.2, 0.25) is 0 Å². The number of anilines is 4. The van der Waals surface area contributed by atoms with Crippen molar-refractivity contribution in [1.29, 1.82) is 0 Å². The third kappa shape index (κ3) is 9.31. The van der Waals surface area contributed by atoms with Crippen molar-refractivity contribution in [1.82, 2.24) is 0 Å². The predicted octanol–water partition coefficient (Wildman–Crippen LogP) is 11.6. The Balaban J connectivity index is 0.000000126.